The first-order valence-electron chi connectivity index (χ1n) is 9.02. The molecule has 0 radical (unpaired) electrons. The minimum atomic E-state index is -3.64. The minimum absolute atomic E-state index is 0.0980. The number of rotatable bonds is 3. The summed E-state index contributed by atoms with van der Waals surface area (Å²) in [5.74, 6) is -0.108. The highest BCUT2D eigenvalue weighted by atomic mass is 35.5. The van der Waals surface area contributed by atoms with Gasteiger partial charge in [-0.1, -0.05) is 11.6 Å². The Bertz CT molecular complexity index is 1080. The maximum absolute atomic E-state index is 13.4. The number of piperazine rings is 1. The van der Waals surface area contributed by atoms with Crippen molar-refractivity contribution in [1.29, 1.82) is 0 Å². The van der Waals surface area contributed by atoms with Crippen molar-refractivity contribution in [2.24, 2.45) is 0 Å². The van der Waals surface area contributed by atoms with Crippen molar-refractivity contribution in [1.82, 2.24) is 9.21 Å². The normalized spacial score (nSPS) is 17.3. The van der Waals surface area contributed by atoms with Gasteiger partial charge in [0.05, 0.1) is 10.5 Å². The number of hydrogen-bond acceptors (Lipinski definition) is 4. The molecule has 2 heterocycles. The Morgan fingerprint density at radius 1 is 1.03 bits per heavy atom. The molecule has 0 unspecified atom stereocenters. The Morgan fingerprint density at radius 3 is 2.41 bits per heavy atom. The average Bonchev–Trinajstić information content (AvgIpc) is 2.73. The Hall–Kier alpha value is -2.42. The summed E-state index contributed by atoms with van der Waals surface area (Å²) in [6, 6.07) is 10.2. The summed E-state index contributed by atoms with van der Waals surface area (Å²) >= 11 is 5.83. The Morgan fingerprint density at radius 2 is 1.72 bits per heavy atom. The zero-order chi connectivity index (χ0) is 20.6. The van der Waals surface area contributed by atoms with Gasteiger partial charge >= 0.3 is 0 Å². The lowest BCUT2D eigenvalue weighted by Crippen LogP contribution is -2.51. The SMILES string of the molecule is O=C(C1=Cc2cc(F)ccc2OC1)N1CCN(S(=O)(=O)c2ccc(Cl)cc2)CC1. The molecular formula is C20H18ClFN2O4S. The van der Waals surface area contributed by atoms with E-state index in [9.17, 15) is 17.6 Å². The summed E-state index contributed by atoms with van der Waals surface area (Å²) in [4.78, 5) is 14.6. The highest BCUT2D eigenvalue weighted by Gasteiger charge is 2.31. The van der Waals surface area contributed by atoms with Gasteiger partial charge < -0.3 is 9.64 Å². The summed E-state index contributed by atoms with van der Waals surface area (Å²) < 4.78 is 45.9. The van der Waals surface area contributed by atoms with Crippen LogP contribution in [0.15, 0.2) is 52.9 Å². The molecule has 2 aromatic carbocycles. The van der Waals surface area contributed by atoms with Crippen LogP contribution >= 0.6 is 11.6 Å². The lowest BCUT2D eigenvalue weighted by Gasteiger charge is -2.34. The predicted octanol–water partition coefficient (Wildman–Crippen LogP) is 2.79. The van der Waals surface area contributed by atoms with Gasteiger partial charge in [-0.05, 0) is 48.5 Å². The number of sulfonamides is 1. The quantitative estimate of drug-likeness (QED) is 0.742. The molecule has 0 N–H and O–H groups in total. The van der Waals surface area contributed by atoms with Gasteiger partial charge in [-0.2, -0.15) is 4.31 Å². The van der Waals surface area contributed by atoms with Crippen molar-refractivity contribution < 1.29 is 22.3 Å². The molecule has 0 bridgehead atoms. The number of fused-ring (bicyclic) bond motifs is 1. The number of ether oxygens (including phenoxy) is 1. The van der Waals surface area contributed by atoms with Crippen LogP contribution in [0.1, 0.15) is 5.56 Å². The molecule has 1 fully saturated rings. The highest BCUT2D eigenvalue weighted by Crippen LogP contribution is 2.28. The molecule has 152 valence electrons. The van der Waals surface area contributed by atoms with E-state index in [1.165, 1.54) is 46.8 Å². The molecule has 0 aromatic heterocycles. The van der Waals surface area contributed by atoms with Crippen LogP contribution in [0.3, 0.4) is 0 Å². The fraction of sp³-hybridized carbons (Fsp3) is 0.250. The van der Waals surface area contributed by atoms with Gasteiger partial charge in [0.25, 0.3) is 5.91 Å². The molecule has 1 amide bonds. The van der Waals surface area contributed by atoms with Crippen LogP contribution < -0.4 is 4.74 Å². The zero-order valence-electron chi connectivity index (χ0n) is 15.3. The average molecular weight is 437 g/mol. The number of carbonyl (C=O) groups excluding carboxylic acids is 1. The van der Waals surface area contributed by atoms with E-state index in [-0.39, 0.29) is 43.6 Å². The maximum atomic E-state index is 13.4. The summed E-state index contributed by atoms with van der Waals surface area (Å²) in [5, 5.41) is 0.462. The first-order chi connectivity index (χ1) is 13.8. The van der Waals surface area contributed by atoms with Crippen LogP contribution in [0.2, 0.25) is 5.02 Å². The van der Waals surface area contributed by atoms with Crippen molar-refractivity contribution >= 4 is 33.6 Å². The molecule has 2 aromatic rings. The van der Waals surface area contributed by atoms with E-state index in [2.05, 4.69) is 0 Å². The van der Waals surface area contributed by atoms with Crippen LogP contribution in [-0.2, 0) is 14.8 Å². The van der Waals surface area contributed by atoms with E-state index in [0.717, 1.165) is 0 Å². The third kappa shape index (κ3) is 4.01. The summed E-state index contributed by atoms with van der Waals surface area (Å²) in [6.45, 7) is 1.00. The highest BCUT2D eigenvalue weighted by molar-refractivity contribution is 7.89. The molecule has 0 spiro atoms. The lowest BCUT2D eigenvalue weighted by atomic mass is 10.1. The summed E-state index contributed by atoms with van der Waals surface area (Å²) in [6.07, 6.45) is 1.63. The van der Waals surface area contributed by atoms with Gasteiger partial charge in [-0.15, -0.1) is 0 Å². The van der Waals surface area contributed by atoms with Crippen molar-refractivity contribution in [2.75, 3.05) is 32.8 Å². The molecule has 0 saturated carbocycles. The summed E-state index contributed by atoms with van der Waals surface area (Å²) in [5.41, 5.74) is 0.931. The van der Waals surface area contributed by atoms with Gasteiger partial charge in [0.15, 0.2) is 0 Å². The number of nitrogens with zero attached hydrogens (tertiary/aromatic N) is 2. The van der Waals surface area contributed by atoms with Gasteiger partial charge in [0.1, 0.15) is 18.2 Å². The third-order valence-corrected chi connectivity index (χ3v) is 7.10. The second kappa shape index (κ2) is 7.78. The van der Waals surface area contributed by atoms with Gasteiger partial charge in [0.2, 0.25) is 10.0 Å². The van der Waals surface area contributed by atoms with Crippen molar-refractivity contribution in [2.45, 2.75) is 4.90 Å². The second-order valence-corrected chi connectivity index (χ2v) is 9.16. The van der Waals surface area contributed by atoms with E-state index >= 15 is 0 Å². The Kier molecular flexibility index (Phi) is 5.33. The van der Waals surface area contributed by atoms with E-state index in [4.69, 9.17) is 16.3 Å². The number of benzene rings is 2. The fourth-order valence-corrected chi connectivity index (χ4v) is 4.91. The van der Waals surface area contributed by atoms with Gasteiger partial charge in [-0.3, -0.25) is 4.79 Å². The van der Waals surface area contributed by atoms with E-state index in [0.29, 0.717) is 21.9 Å². The monoisotopic (exact) mass is 436 g/mol. The smallest absolute Gasteiger partial charge is 0.253 e. The van der Waals surface area contributed by atoms with E-state index in [1.54, 1.807) is 11.0 Å². The topological polar surface area (TPSA) is 66.9 Å². The van der Waals surface area contributed by atoms with E-state index in [1.807, 2.05) is 0 Å². The van der Waals surface area contributed by atoms with Crippen molar-refractivity contribution in [3.05, 3.63) is 64.4 Å². The minimum Gasteiger partial charge on any atom is -0.488 e. The first-order valence-corrected chi connectivity index (χ1v) is 10.8. The first kappa shape index (κ1) is 19.9. The largest absolute Gasteiger partial charge is 0.488 e. The summed E-state index contributed by atoms with van der Waals surface area (Å²) in [7, 11) is -3.64. The zero-order valence-corrected chi connectivity index (χ0v) is 16.9. The molecule has 0 aliphatic carbocycles. The fourth-order valence-electron chi connectivity index (χ4n) is 3.36. The molecular weight excluding hydrogens is 419 g/mol. The molecule has 4 rings (SSSR count). The van der Waals surface area contributed by atoms with Gasteiger partial charge in [-0.25, -0.2) is 12.8 Å². The van der Waals surface area contributed by atoms with Gasteiger partial charge in [0, 0.05) is 36.8 Å². The lowest BCUT2D eigenvalue weighted by molar-refractivity contribution is -0.128. The van der Waals surface area contributed by atoms with Crippen LogP contribution in [0.4, 0.5) is 4.39 Å². The number of halogens is 2. The van der Waals surface area contributed by atoms with Crippen molar-refractivity contribution in [3.63, 3.8) is 0 Å². The molecule has 6 nitrogen and oxygen atoms in total. The molecule has 29 heavy (non-hydrogen) atoms. The Balaban J connectivity index is 1.44. The molecule has 2 aliphatic heterocycles. The number of hydrogen-bond donors (Lipinski definition) is 0. The molecule has 1 saturated heterocycles. The number of amides is 1. The molecule has 2 aliphatic rings. The van der Waals surface area contributed by atoms with Crippen LogP contribution in [0.25, 0.3) is 6.08 Å². The van der Waals surface area contributed by atoms with E-state index < -0.39 is 15.8 Å². The number of carbonyl (C=O) groups is 1. The maximum Gasteiger partial charge on any atom is 0.253 e. The second-order valence-electron chi connectivity index (χ2n) is 6.79. The molecule has 0 atom stereocenters. The third-order valence-electron chi connectivity index (χ3n) is 4.94. The standard InChI is InChI=1S/C20H18ClFN2O4S/c21-16-1-4-18(5-2-16)29(26,27)24-9-7-23(8-10-24)20(25)15-11-14-12-17(22)3-6-19(14)28-13-15/h1-6,11-12H,7-10,13H2. The van der Waals surface area contributed by atoms with Crippen LogP contribution in [-0.4, -0.2) is 56.3 Å². The predicted molar refractivity (Wildman–Crippen MR) is 107 cm³/mol. The van der Waals surface area contributed by atoms with Crippen LogP contribution in [0.5, 0.6) is 5.75 Å². The van der Waals surface area contributed by atoms with Crippen molar-refractivity contribution in [3.8, 4) is 5.75 Å². The molecule has 9 heteroatoms. The van der Waals surface area contributed by atoms with Crippen LogP contribution in [0, 0.1) is 5.82 Å². The Labute approximate surface area is 173 Å².